The van der Waals surface area contributed by atoms with Crippen molar-refractivity contribution in [2.24, 2.45) is 0 Å². The van der Waals surface area contributed by atoms with Crippen molar-refractivity contribution < 1.29 is 17.7 Å². The highest BCUT2D eigenvalue weighted by atomic mass is 32.2. The summed E-state index contributed by atoms with van der Waals surface area (Å²) in [5.74, 6) is 0.630. The van der Waals surface area contributed by atoms with Gasteiger partial charge in [0.2, 0.25) is 10.0 Å². The van der Waals surface area contributed by atoms with Gasteiger partial charge < -0.3 is 4.42 Å². The molecular formula is C15H24N2O4S. The first-order valence-electron chi connectivity index (χ1n) is 7.88. The zero-order chi connectivity index (χ0) is 15.7. The number of nitrogens with zero attached hydrogens (tertiary/aromatic N) is 2. The smallest absolute Gasteiger partial charge is 0.221 e. The molecule has 0 bridgehead atoms. The van der Waals surface area contributed by atoms with Crippen LogP contribution in [0.3, 0.4) is 0 Å². The zero-order valence-electron chi connectivity index (χ0n) is 13.1. The van der Waals surface area contributed by atoms with Crippen LogP contribution in [0.5, 0.6) is 0 Å². The first-order chi connectivity index (χ1) is 10.5. The average molecular weight is 328 g/mol. The Kier molecular flexibility index (Phi) is 4.59. The Balaban J connectivity index is 1.84. The van der Waals surface area contributed by atoms with Gasteiger partial charge in [0.05, 0.1) is 12.9 Å². The summed E-state index contributed by atoms with van der Waals surface area (Å²) in [5.41, 5.74) is 0. The molecule has 2 aliphatic rings. The molecule has 1 saturated heterocycles. The summed E-state index contributed by atoms with van der Waals surface area (Å²) >= 11 is 0. The van der Waals surface area contributed by atoms with E-state index in [1.807, 2.05) is 0 Å². The normalized spacial score (nSPS) is 28.5. The van der Waals surface area contributed by atoms with E-state index in [0.717, 1.165) is 25.7 Å². The van der Waals surface area contributed by atoms with Gasteiger partial charge >= 0.3 is 0 Å². The fourth-order valence-corrected chi connectivity index (χ4v) is 5.45. The predicted octanol–water partition coefficient (Wildman–Crippen LogP) is 2.16. The van der Waals surface area contributed by atoms with Crippen LogP contribution in [-0.4, -0.2) is 49.8 Å². The van der Waals surface area contributed by atoms with Gasteiger partial charge in [-0.05, 0) is 25.0 Å². The lowest BCUT2D eigenvalue weighted by Crippen LogP contribution is -2.45. The molecule has 1 aromatic rings. The molecule has 0 N–H and O–H groups in total. The highest BCUT2D eigenvalue weighted by Gasteiger charge is 2.47. The van der Waals surface area contributed by atoms with Crippen LogP contribution in [0, 0.1) is 0 Å². The van der Waals surface area contributed by atoms with Crippen molar-refractivity contribution in [2.75, 3.05) is 20.7 Å². The van der Waals surface area contributed by atoms with E-state index < -0.39 is 21.3 Å². The molecule has 124 valence electrons. The Labute approximate surface area is 132 Å². The van der Waals surface area contributed by atoms with Crippen LogP contribution in [0.4, 0.5) is 0 Å². The third kappa shape index (κ3) is 2.82. The molecule has 0 spiro atoms. The molecule has 3 rings (SSSR count). The van der Waals surface area contributed by atoms with E-state index in [-0.39, 0.29) is 12.6 Å². The minimum Gasteiger partial charge on any atom is -0.468 e. The maximum atomic E-state index is 13.1. The lowest BCUT2D eigenvalue weighted by Gasteiger charge is -2.33. The van der Waals surface area contributed by atoms with Crippen molar-refractivity contribution in [3.63, 3.8) is 0 Å². The Morgan fingerprint density at radius 2 is 2.00 bits per heavy atom. The molecule has 1 aromatic heterocycles. The first kappa shape index (κ1) is 16.0. The molecular weight excluding hydrogens is 304 g/mol. The van der Waals surface area contributed by atoms with Crippen molar-refractivity contribution in [1.82, 2.24) is 9.37 Å². The van der Waals surface area contributed by atoms with Crippen molar-refractivity contribution in [3.05, 3.63) is 24.2 Å². The molecule has 1 aliphatic carbocycles. The van der Waals surface area contributed by atoms with Gasteiger partial charge in [-0.2, -0.15) is 5.06 Å². The lowest BCUT2D eigenvalue weighted by atomic mass is 9.96. The van der Waals surface area contributed by atoms with Crippen LogP contribution in [0.15, 0.2) is 22.8 Å². The number of rotatable bonds is 4. The van der Waals surface area contributed by atoms with Gasteiger partial charge in [0, 0.05) is 20.1 Å². The summed E-state index contributed by atoms with van der Waals surface area (Å²) in [6.07, 6.45) is 6.88. The number of furan rings is 1. The Morgan fingerprint density at radius 1 is 1.27 bits per heavy atom. The number of sulfonamides is 1. The van der Waals surface area contributed by atoms with E-state index >= 15 is 0 Å². The fourth-order valence-electron chi connectivity index (χ4n) is 3.53. The first-order valence-corrected chi connectivity index (χ1v) is 9.38. The molecule has 2 heterocycles. The average Bonchev–Trinajstić information content (AvgIpc) is 3.16. The lowest BCUT2D eigenvalue weighted by molar-refractivity contribution is -0.113. The number of hydroxylamine groups is 2. The summed E-state index contributed by atoms with van der Waals surface area (Å²) in [6.45, 7) is 0.168. The number of hydrogen-bond acceptors (Lipinski definition) is 5. The topological polar surface area (TPSA) is 63.0 Å². The van der Waals surface area contributed by atoms with Crippen LogP contribution < -0.4 is 0 Å². The molecule has 2 fully saturated rings. The Morgan fingerprint density at radius 3 is 2.64 bits per heavy atom. The predicted molar refractivity (Wildman–Crippen MR) is 82.5 cm³/mol. The SMILES string of the molecule is CN1OCC(S(=O)(=O)N(C)C2CCCCC2)C1c1ccco1. The molecule has 0 amide bonds. The second-order valence-corrected chi connectivity index (χ2v) is 8.41. The van der Waals surface area contributed by atoms with Crippen molar-refractivity contribution in [2.45, 2.75) is 49.4 Å². The Bertz CT molecular complexity index is 581. The molecule has 7 heteroatoms. The monoisotopic (exact) mass is 328 g/mol. The van der Waals surface area contributed by atoms with Crippen LogP contribution >= 0.6 is 0 Å². The molecule has 1 aliphatic heterocycles. The van der Waals surface area contributed by atoms with Crippen LogP contribution in [0.2, 0.25) is 0 Å². The molecule has 1 saturated carbocycles. The summed E-state index contributed by atoms with van der Waals surface area (Å²) in [4.78, 5) is 5.49. The van der Waals surface area contributed by atoms with Crippen LogP contribution in [-0.2, 0) is 14.9 Å². The van der Waals surface area contributed by atoms with Crippen molar-refractivity contribution in [1.29, 1.82) is 0 Å². The van der Waals surface area contributed by atoms with Gasteiger partial charge in [-0.25, -0.2) is 12.7 Å². The maximum Gasteiger partial charge on any atom is 0.221 e. The number of hydrogen-bond donors (Lipinski definition) is 0. The maximum absolute atomic E-state index is 13.1. The van der Waals surface area contributed by atoms with Crippen LogP contribution in [0.1, 0.15) is 43.9 Å². The summed E-state index contributed by atoms with van der Waals surface area (Å²) < 4.78 is 33.1. The van der Waals surface area contributed by atoms with E-state index in [1.165, 1.54) is 6.42 Å². The summed E-state index contributed by atoms with van der Waals surface area (Å²) in [5, 5.41) is 0.964. The van der Waals surface area contributed by atoms with Crippen LogP contribution in [0.25, 0.3) is 0 Å². The molecule has 0 radical (unpaired) electrons. The summed E-state index contributed by atoms with van der Waals surface area (Å²) in [6, 6.07) is 3.29. The van der Waals surface area contributed by atoms with Crippen molar-refractivity contribution in [3.8, 4) is 0 Å². The van der Waals surface area contributed by atoms with Gasteiger partial charge in [0.15, 0.2) is 0 Å². The van der Waals surface area contributed by atoms with Gasteiger partial charge in [-0.15, -0.1) is 0 Å². The zero-order valence-corrected chi connectivity index (χ0v) is 14.0. The highest BCUT2D eigenvalue weighted by Crippen LogP contribution is 2.36. The molecule has 2 unspecified atom stereocenters. The molecule has 2 atom stereocenters. The minimum absolute atomic E-state index is 0.113. The van der Waals surface area contributed by atoms with Gasteiger partial charge in [0.25, 0.3) is 0 Å². The van der Waals surface area contributed by atoms with Gasteiger partial charge in [-0.3, -0.25) is 4.84 Å². The van der Waals surface area contributed by atoms with E-state index in [0.29, 0.717) is 5.76 Å². The Hall–Kier alpha value is -0.890. The largest absolute Gasteiger partial charge is 0.468 e. The highest BCUT2D eigenvalue weighted by molar-refractivity contribution is 7.89. The third-order valence-corrected chi connectivity index (χ3v) is 7.15. The molecule has 0 aromatic carbocycles. The summed E-state index contributed by atoms with van der Waals surface area (Å²) in [7, 11) is 0.0246. The molecule has 22 heavy (non-hydrogen) atoms. The van der Waals surface area contributed by atoms with E-state index in [2.05, 4.69) is 0 Å². The third-order valence-electron chi connectivity index (χ3n) is 4.89. The minimum atomic E-state index is -3.44. The fraction of sp³-hybridized carbons (Fsp3) is 0.733. The van der Waals surface area contributed by atoms with E-state index in [4.69, 9.17) is 9.25 Å². The quantitative estimate of drug-likeness (QED) is 0.847. The second kappa shape index (κ2) is 6.31. The van der Waals surface area contributed by atoms with E-state index in [1.54, 1.807) is 41.9 Å². The van der Waals surface area contributed by atoms with Crippen molar-refractivity contribution >= 4 is 10.0 Å². The van der Waals surface area contributed by atoms with Gasteiger partial charge in [-0.1, -0.05) is 19.3 Å². The van der Waals surface area contributed by atoms with Gasteiger partial charge in [0.1, 0.15) is 17.1 Å². The second-order valence-electron chi connectivity index (χ2n) is 6.19. The molecule has 6 nitrogen and oxygen atoms in total. The van der Waals surface area contributed by atoms with E-state index in [9.17, 15) is 8.42 Å². The standard InChI is InChI=1S/C15H24N2O4S/c1-16-15(13-9-6-10-20-13)14(11-21-16)22(18,19)17(2)12-7-4-3-5-8-12/h6,9-10,12,14-15H,3-5,7-8,11H2,1-2H3.